The van der Waals surface area contributed by atoms with E-state index in [2.05, 4.69) is 34.8 Å². The van der Waals surface area contributed by atoms with Crippen LogP contribution in [0.2, 0.25) is 0 Å². The number of benzene rings is 1. The summed E-state index contributed by atoms with van der Waals surface area (Å²) in [6, 6.07) is 4.95. The lowest BCUT2D eigenvalue weighted by atomic mass is 9.85. The van der Waals surface area contributed by atoms with E-state index in [1.54, 1.807) is 4.90 Å². The first-order valence-electron chi connectivity index (χ1n) is 15.4. The molecule has 6 atom stereocenters. The van der Waals surface area contributed by atoms with Crippen LogP contribution in [0, 0.1) is 34.5 Å². The normalized spacial score (nSPS) is 27.3. The average Bonchev–Trinajstić information content (AvgIpc) is 3.64. The summed E-state index contributed by atoms with van der Waals surface area (Å²) < 4.78 is 0.867. The molecule has 4 aliphatic rings. The Balaban J connectivity index is 1.27. The lowest BCUT2D eigenvalue weighted by Gasteiger charge is -2.38. The van der Waals surface area contributed by atoms with Crippen molar-refractivity contribution >= 4 is 51.0 Å². The van der Waals surface area contributed by atoms with E-state index >= 15 is 0 Å². The molecule has 2 saturated heterocycles. The molecule has 3 N–H and O–H groups in total. The first kappa shape index (κ1) is 29.7. The van der Waals surface area contributed by atoms with Gasteiger partial charge in [0, 0.05) is 24.9 Å². The fourth-order valence-corrected chi connectivity index (χ4v) is 7.96. The predicted octanol–water partition coefficient (Wildman–Crippen LogP) is 2.91. The van der Waals surface area contributed by atoms with Gasteiger partial charge in [0.15, 0.2) is 5.01 Å². The largest absolute Gasteiger partial charge is 0.356 e. The summed E-state index contributed by atoms with van der Waals surface area (Å²) in [6.45, 7) is 10.9. The highest BCUT2D eigenvalue weighted by Gasteiger charge is 2.70. The number of carbonyl (C=O) groups is 5. The SMILES string of the molecule is CC(C)(C)C(NC(=O)C1CC1)C(=O)N1C[C@H]2[C@@H]([C@H]1C(=O)NC(C[C@@H]1CCNC1=O)C(=O)c1nc3ccccc3s1)C2(C)C. The lowest BCUT2D eigenvalue weighted by molar-refractivity contribution is -0.145. The zero-order valence-corrected chi connectivity index (χ0v) is 26.3. The maximum atomic E-state index is 14.2. The number of hydrogen-bond donors (Lipinski definition) is 3. The van der Waals surface area contributed by atoms with Crippen LogP contribution in [0.15, 0.2) is 24.3 Å². The van der Waals surface area contributed by atoms with Gasteiger partial charge in [0.25, 0.3) is 0 Å². The Labute approximate surface area is 255 Å². The van der Waals surface area contributed by atoms with E-state index in [0.717, 1.165) is 17.5 Å². The molecule has 3 heterocycles. The number of ketones is 1. The molecule has 2 aliphatic heterocycles. The number of hydrogen-bond acceptors (Lipinski definition) is 7. The minimum atomic E-state index is -0.965. The molecular weight excluding hydrogens is 566 g/mol. The average molecular weight is 608 g/mol. The summed E-state index contributed by atoms with van der Waals surface area (Å²) in [5, 5.41) is 9.08. The highest BCUT2D eigenvalue weighted by molar-refractivity contribution is 7.20. The fourth-order valence-electron chi connectivity index (χ4n) is 7.00. The Morgan fingerprint density at radius 3 is 2.44 bits per heavy atom. The number of carbonyl (C=O) groups excluding carboxylic acids is 5. The van der Waals surface area contributed by atoms with Crippen LogP contribution in [0.25, 0.3) is 10.2 Å². The van der Waals surface area contributed by atoms with E-state index in [1.807, 2.05) is 45.0 Å². The van der Waals surface area contributed by atoms with Crippen LogP contribution in [0.4, 0.5) is 0 Å². The summed E-state index contributed by atoms with van der Waals surface area (Å²) in [5.41, 5.74) is 0.00763. The lowest BCUT2D eigenvalue weighted by Crippen LogP contribution is -2.60. The van der Waals surface area contributed by atoms with Gasteiger partial charge in [-0.3, -0.25) is 24.0 Å². The first-order valence-corrected chi connectivity index (χ1v) is 16.2. The second kappa shape index (κ2) is 10.7. The molecule has 230 valence electrons. The molecule has 4 amide bonds. The molecule has 1 aromatic carbocycles. The van der Waals surface area contributed by atoms with Gasteiger partial charge < -0.3 is 20.9 Å². The zero-order valence-electron chi connectivity index (χ0n) is 25.4. The minimum absolute atomic E-state index is 0.0512. The summed E-state index contributed by atoms with van der Waals surface area (Å²) in [6.07, 6.45) is 2.39. The maximum Gasteiger partial charge on any atom is 0.246 e. The molecule has 2 unspecified atom stereocenters. The van der Waals surface area contributed by atoms with Crippen molar-refractivity contribution in [3.63, 3.8) is 0 Å². The van der Waals surface area contributed by atoms with Gasteiger partial charge in [-0.2, -0.15) is 0 Å². The van der Waals surface area contributed by atoms with Gasteiger partial charge in [-0.25, -0.2) is 4.98 Å². The van der Waals surface area contributed by atoms with Gasteiger partial charge in [-0.05, 0) is 60.5 Å². The number of fused-ring (bicyclic) bond motifs is 2. The van der Waals surface area contributed by atoms with Crippen molar-refractivity contribution in [1.82, 2.24) is 25.8 Å². The van der Waals surface area contributed by atoms with Crippen LogP contribution in [0.3, 0.4) is 0 Å². The van der Waals surface area contributed by atoms with Crippen molar-refractivity contribution in [2.75, 3.05) is 13.1 Å². The number of piperidine rings is 1. The Hall–Kier alpha value is -3.34. The van der Waals surface area contributed by atoms with Crippen molar-refractivity contribution in [2.24, 2.45) is 34.5 Å². The number of para-hydroxylation sites is 1. The number of likely N-dealkylation sites (tertiary alicyclic amines) is 1. The number of amides is 4. The van der Waals surface area contributed by atoms with Crippen molar-refractivity contribution < 1.29 is 24.0 Å². The van der Waals surface area contributed by atoms with Gasteiger partial charge >= 0.3 is 0 Å². The number of nitrogens with one attached hydrogen (secondary N) is 3. The van der Waals surface area contributed by atoms with Crippen LogP contribution >= 0.6 is 11.3 Å². The monoisotopic (exact) mass is 607 g/mol. The highest BCUT2D eigenvalue weighted by atomic mass is 32.1. The third kappa shape index (κ3) is 5.56. The number of nitrogens with zero attached hydrogens (tertiary/aromatic N) is 2. The van der Waals surface area contributed by atoms with E-state index in [4.69, 9.17) is 0 Å². The van der Waals surface area contributed by atoms with Crippen LogP contribution in [-0.4, -0.2) is 70.5 Å². The van der Waals surface area contributed by atoms with E-state index < -0.39 is 35.4 Å². The molecule has 2 saturated carbocycles. The van der Waals surface area contributed by atoms with Gasteiger partial charge in [-0.1, -0.05) is 46.8 Å². The molecule has 2 aliphatic carbocycles. The number of aromatic nitrogens is 1. The molecule has 0 spiro atoms. The van der Waals surface area contributed by atoms with Gasteiger partial charge in [0.05, 0.1) is 16.3 Å². The summed E-state index contributed by atoms with van der Waals surface area (Å²) in [5.74, 6) is -1.62. The Bertz CT molecular complexity index is 1460. The topological polar surface area (TPSA) is 138 Å². The molecule has 10 nitrogen and oxygen atoms in total. The van der Waals surface area contributed by atoms with Crippen LogP contribution in [0.1, 0.15) is 70.1 Å². The molecule has 43 heavy (non-hydrogen) atoms. The second-order valence-corrected chi connectivity index (χ2v) is 15.4. The molecule has 11 heteroatoms. The highest BCUT2D eigenvalue weighted by Crippen LogP contribution is 2.65. The van der Waals surface area contributed by atoms with Crippen molar-refractivity contribution in [3.05, 3.63) is 29.3 Å². The molecule has 2 aromatic rings. The Kier molecular flexibility index (Phi) is 7.38. The Morgan fingerprint density at radius 2 is 1.81 bits per heavy atom. The van der Waals surface area contributed by atoms with Crippen molar-refractivity contribution in [3.8, 4) is 0 Å². The molecule has 6 rings (SSSR count). The third-order valence-corrected chi connectivity index (χ3v) is 11.0. The summed E-state index contributed by atoms with van der Waals surface area (Å²) in [4.78, 5) is 73.7. The van der Waals surface area contributed by atoms with Crippen LogP contribution in [0.5, 0.6) is 0 Å². The minimum Gasteiger partial charge on any atom is -0.356 e. The fraction of sp³-hybridized carbons (Fsp3) is 0.625. The molecular formula is C32H41N5O5S. The second-order valence-electron chi connectivity index (χ2n) is 14.4. The first-order chi connectivity index (χ1) is 20.3. The third-order valence-electron chi connectivity index (χ3n) is 9.93. The van der Waals surface area contributed by atoms with E-state index in [9.17, 15) is 24.0 Å². The van der Waals surface area contributed by atoms with Gasteiger partial charge in [-0.15, -0.1) is 11.3 Å². The standard InChI is InChI=1S/C32H41N5O5S/c1-31(2,3)25(36-27(40)16-10-11-16)30(42)37-15-18-22(32(18,4)5)23(37)28(41)34-20(14-17-12-13-33-26(17)39)24(38)29-35-19-8-6-7-9-21(19)43-29/h6-9,16-18,20,22-23,25H,10-15H2,1-5H3,(H,33,39)(H,34,41)(H,36,40)/t17-,18-,20?,22-,23-,25?/m0/s1. The van der Waals surface area contributed by atoms with Crippen LogP contribution < -0.4 is 16.0 Å². The zero-order chi connectivity index (χ0) is 30.8. The van der Waals surface area contributed by atoms with E-state index in [1.165, 1.54) is 11.3 Å². The summed E-state index contributed by atoms with van der Waals surface area (Å²) >= 11 is 1.27. The molecule has 1 aromatic heterocycles. The van der Waals surface area contributed by atoms with Crippen LogP contribution in [-0.2, 0) is 19.2 Å². The smallest absolute Gasteiger partial charge is 0.246 e. The number of thiazole rings is 1. The van der Waals surface area contributed by atoms with Gasteiger partial charge in [0.1, 0.15) is 12.1 Å². The predicted molar refractivity (Wildman–Crippen MR) is 162 cm³/mol. The quantitative estimate of drug-likeness (QED) is 0.375. The molecule has 4 fully saturated rings. The van der Waals surface area contributed by atoms with Crippen molar-refractivity contribution in [1.29, 1.82) is 0 Å². The number of rotatable bonds is 9. The van der Waals surface area contributed by atoms with Crippen molar-refractivity contribution in [2.45, 2.75) is 78.4 Å². The molecule has 0 radical (unpaired) electrons. The molecule has 0 bridgehead atoms. The van der Waals surface area contributed by atoms with Gasteiger partial charge in [0.2, 0.25) is 29.4 Å². The number of Topliss-reactive ketones (excluding diaryl/α,β-unsaturated/α-hetero) is 1. The Morgan fingerprint density at radius 1 is 1.09 bits per heavy atom. The maximum absolute atomic E-state index is 14.2. The summed E-state index contributed by atoms with van der Waals surface area (Å²) in [7, 11) is 0. The van der Waals surface area contributed by atoms with E-state index in [0.29, 0.717) is 25.0 Å². The van der Waals surface area contributed by atoms with E-state index in [-0.39, 0.29) is 58.1 Å².